The quantitative estimate of drug-likeness (QED) is 0.557. The summed E-state index contributed by atoms with van der Waals surface area (Å²) < 4.78 is 0. The molecule has 0 radical (unpaired) electrons. The number of pyridine rings is 1. The lowest BCUT2D eigenvalue weighted by Gasteiger charge is -2.01. The van der Waals surface area contributed by atoms with Crippen molar-refractivity contribution in [3.8, 4) is 0 Å². The summed E-state index contributed by atoms with van der Waals surface area (Å²) >= 11 is 0. The van der Waals surface area contributed by atoms with Gasteiger partial charge < -0.3 is 0 Å². The Morgan fingerprint density at radius 1 is 1.29 bits per heavy atom. The lowest BCUT2D eigenvalue weighted by molar-refractivity contribution is 0.104. The van der Waals surface area contributed by atoms with E-state index in [9.17, 15) is 4.79 Å². The van der Waals surface area contributed by atoms with E-state index in [4.69, 9.17) is 0 Å². The largest absolute Gasteiger partial charge is 0.288 e. The number of rotatable bonds is 0. The third kappa shape index (κ3) is 0.893. The highest BCUT2D eigenvalue weighted by Gasteiger charge is 2.11. The second-order valence-corrected chi connectivity index (χ2v) is 3.20. The number of hydrogen-bond acceptors (Lipinski definition) is 3. The first kappa shape index (κ1) is 7.38. The molecule has 0 saturated heterocycles. The molecule has 3 nitrogen and oxygen atoms in total. The van der Waals surface area contributed by atoms with Crippen LogP contribution in [0.2, 0.25) is 0 Å². The van der Waals surface area contributed by atoms with Crippen molar-refractivity contribution in [1.29, 1.82) is 0 Å². The zero-order valence-corrected chi connectivity index (χ0v) is 7.27. The second-order valence-electron chi connectivity index (χ2n) is 3.20. The van der Waals surface area contributed by atoms with Gasteiger partial charge in [-0.3, -0.25) is 9.79 Å². The SMILES string of the molecule is O=C1C=CC=c2cc3c(nc21)=CN=C3. The monoisotopic (exact) mass is 182 g/mol. The van der Waals surface area contributed by atoms with Gasteiger partial charge in [0.05, 0.1) is 11.5 Å². The van der Waals surface area contributed by atoms with Crippen LogP contribution in [0.4, 0.5) is 0 Å². The van der Waals surface area contributed by atoms with Gasteiger partial charge in [-0.1, -0.05) is 12.2 Å². The van der Waals surface area contributed by atoms with Crippen molar-refractivity contribution in [2.24, 2.45) is 4.99 Å². The Balaban J connectivity index is 2.45. The van der Waals surface area contributed by atoms with Crippen LogP contribution in [0.1, 0.15) is 16.1 Å². The molecule has 3 rings (SSSR count). The van der Waals surface area contributed by atoms with E-state index >= 15 is 0 Å². The van der Waals surface area contributed by atoms with Crippen molar-refractivity contribution in [3.63, 3.8) is 0 Å². The Kier molecular flexibility index (Phi) is 1.31. The van der Waals surface area contributed by atoms with E-state index in [2.05, 4.69) is 9.98 Å². The van der Waals surface area contributed by atoms with Crippen molar-refractivity contribution in [1.82, 2.24) is 4.98 Å². The van der Waals surface area contributed by atoms with Gasteiger partial charge in [0.1, 0.15) is 5.69 Å². The molecule has 1 aliphatic carbocycles. The summed E-state index contributed by atoms with van der Waals surface area (Å²) in [6.45, 7) is 0. The molecule has 66 valence electrons. The minimum absolute atomic E-state index is 0.0365. The normalized spacial score (nSPS) is 15.9. The Morgan fingerprint density at radius 2 is 2.21 bits per heavy atom. The molecule has 14 heavy (non-hydrogen) atoms. The van der Waals surface area contributed by atoms with E-state index in [-0.39, 0.29) is 5.78 Å². The average Bonchev–Trinajstić information content (AvgIpc) is 2.62. The van der Waals surface area contributed by atoms with E-state index in [1.165, 1.54) is 6.08 Å². The molecular formula is C11H6N2O. The zero-order chi connectivity index (χ0) is 9.54. The van der Waals surface area contributed by atoms with Crippen LogP contribution in [0.15, 0.2) is 23.2 Å². The van der Waals surface area contributed by atoms with Crippen LogP contribution in [0, 0.1) is 0 Å². The number of hydrogen-bond donors (Lipinski definition) is 0. The fourth-order valence-electron chi connectivity index (χ4n) is 1.60. The number of allylic oxidation sites excluding steroid dienone is 2. The number of carbonyl (C=O) groups is 1. The zero-order valence-electron chi connectivity index (χ0n) is 7.27. The van der Waals surface area contributed by atoms with Crippen molar-refractivity contribution in [2.45, 2.75) is 0 Å². The minimum Gasteiger partial charge on any atom is -0.288 e. The molecule has 0 atom stereocenters. The molecule has 0 aromatic carbocycles. The van der Waals surface area contributed by atoms with Gasteiger partial charge in [-0.2, -0.15) is 0 Å². The van der Waals surface area contributed by atoms with Crippen LogP contribution in [0.5, 0.6) is 0 Å². The number of aromatic nitrogens is 1. The van der Waals surface area contributed by atoms with Crippen molar-refractivity contribution < 1.29 is 4.79 Å². The van der Waals surface area contributed by atoms with Crippen LogP contribution < -0.4 is 10.6 Å². The van der Waals surface area contributed by atoms with Gasteiger partial charge in [-0.15, -0.1) is 0 Å². The molecule has 0 fully saturated rings. The lowest BCUT2D eigenvalue weighted by atomic mass is 10.1. The van der Waals surface area contributed by atoms with Crippen LogP contribution in [0.25, 0.3) is 12.3 Å². The minimum atomic E-state index is -0.0365. The maximum Gasteiger partial charge on any atom is 0.204 e. The van der Waals surface area contributed by atoms with Crippen LogP contribution in [0.3, 0.4) is 0 Å². The van der Waals surface area contributed by atoms with Crippen molar-refractivity contribution >= 4 is 24.3 Å². The fourth-order valence-corrected chi connectivity index (χ4v) is 1.60. The summed E-state index contributed by atoms with van der Waals surface area (Å²) in [4.78, 5) is 19.7. The molecular weight excluding hydrogens is 176 g/mol. The number of carbonyl (C=O) groups excluding carboxylic acids is 1. The molecule has 1 aromatic rings. The van der Waals surface area contributed by atoms with Crippen molar-refractivity contribution in [3.05, 3.63) is 40.0 Å². The lowest BCUT2D eigenvalue weighted by Crippen LogP contribution is -2.26. The third-order valence-corrected chi connectivity index (χ3v) is 2.28. The predicted molar refractivity (Wildman–Crippen MR) is 53.5 cm³/mol. The summed E-state index contributed by atoms with van der Waals surface area (Å²) in [6.07, 6.45) is 8.57. The van der Waals surface area contributed by atoms with Crippen molar-refractivity contribution in [2.75, 3.05) is 0 Å². The summed E-state index contributed by atoms with van der Waals surface area (Å²) in [7, 11) is 0. The number of ketones is 1. The number of fused-ring (bicyclic) bond motifs is 2. The predicted octanol–water partition coefficient (Wildman–Crippen LogP) is -0.215. The molecule has 0 spiro atoms. The third-order valence-electron chi connectivity index (χ3n) is 2.28. The molecule has 3 heteroatoms. The molecule has 1 aliphatic heterocycles. The van der Waals surface area contributed by atoms with Crippen LogP contribution >= 0.6 is 0 Å². The number of aliphatic imine (C=N–C) groups is 1. The fraction of sp³-hybridized carbons (Fsp3) is 0. The van der Waals surface area contributed by atoms with E-state index in [0.717, 1.165) is 16.1 Å². The Labute approximate surface area is 79.8 Å². The van der Waals surface area contributed by atoms with E-state index < -0.39 is 0 Å². The summed E-state index contributed by atoms with van der Waals surface area (Å²) in [6, 6.07) is 1.94. The molecule has 0 amide bonds. The topological polar surface area (TPSA) is 42.3 Å². The van der Waals surface area contributed by atoms with Gasteiger partial charge in [0, 0.05) is 17.0 Å². The molecule has 0 saturated carbocycles. The van der Waals surface area contributed by atoms with E-state index in [0.29, 0.717) is 5.69 Å². The van der Waals surface area contributed by atoms with E-state index in [1.54, 1.807) is 18.5 Å². The highest BCUT2D eigenvalue weighted by atomic mass is 16.1. The maximum absolute atomic E-state index is 11.5. The van der Waals surface area contributed by atoms with Gasteiger partial charge in [0.2, 0.25) is 5.78 Å². The summed E-state index contributed by atoms with van der Waals surface area (Å²) in [5, 5.41) is 1.65. The molecule has 2 aliphatic rings. The Hall–Kier alpha value is -2.03. The van der Waals surface area contributed by atoms with Gasteiger partial charge in [0.15, 0.2) is 0 Å². The summed E-state index contributed by atoms with van der Waals surface area (Å²) in [5.74, 6) is -0.0365. The standard InChI is InChI=1S/C11H6N2O/c14-10-3-1-2-7-4-8-5-12-6-9(8)13-11(7)10/h1-6H. The van der Waals surface area contributed by atoms with Gasteiger partial charge in [-0.05, 0) is 12.1 Å². The summed E-state index contributed by atoms with van der Waals surface area (Å²) in [5.41, 5.74) is 1.50. The highest BCUT2D eigenvalue weighted by molar-refractivity contribution is 6.05. The molecule has 0 unspecified atom stereocenters. The Morgan fingerprint density at radius 3 is 3.14 bits per heavy atom. The first-order valence-corrected chi connectivity index (χ1v) is 4.32. The molecule has 1 aromatic heterocycles. The first-order chi connectivity index (χ1) is 6.84. The Bertz CT molecular complexity index is 609. The second kappa shape index (κ2) is 2.48. The van der Waals surface area contributed by atoms with Gasteiger partial charge >= 0.3 is 0 Å². The van der Waals surface area contributed by atoms with E-state index in [1.807, 2.05) is 12.1 Å². The smallest absolute Gasteiger partial charge is 0.204 e. The molecule has 0 N–H and O–H groups in total. The number of nitrogens with zero attached hydrogens (tertiary/aromatic N) is 2. The first-order valence-electron chi connectivity index (χ1n) is 4.32. The molecule has 0 bridgehead atoms. The van der Waals surface area contributed by atoms with Gasteiger partial charge in [-0.25, -0.2) is 4.98 Å². The molecule has 2 heterocycles. The maximum atomic E-state index is 11.5. The van der Waals surface area contributed by atoms with Gasteiger partial charge in [0.25, 0.3) is 0 Å². The average molecular weight is 182 g/mol. The van der Waals surface area contributed by atoms with Crippen LogP contribution in [-0.2, 0) is 0 Å². The highest BCUT2D eigenvalue weighted by Crippen LogP contribution is 1.98. The van der Waals surface area contributed by atoms with Crippen LogP contribution in [-0.4, -0.2) is 17.0 Å².